The summed E-state index contributed by atoms with van der Waals surface area (Å²) >= 11 is 0. The number of unbranched alkanes of at least 4 members (excludes halogenated alkanes) is 18. The van der Waals surface area contributed by atoms with Crippen LogP contribution in [0.25, 0.3) is 0 Å². The molecule has 0 rings (SSSR count). The fourth-order valence-electron chi connectivity index (χ4n) is 4.78. The molecule has 0 saturated heterocycles. The van der Waals surface area contributed by atoms with Gasteiger partial charge in [0.1, 0.15) is 0 Å². The monoisotopic (exact) mass is 509 g/mol. The van der Waals surface area contributed by atoms with Gasteiger partial charge in [0.15, 0.2) is 0 Å². The molecule has 0 spiro atoms. The zero-order valence-electron chi connectivity index (χ0n) is 23.6. The number of primary amides is 2. The summed E-state index contributed by atoms with van der Waals surface area (Å²) in [6.07, 6.45) is 27.0. The number of carbonyl (C=O) groups excluding carboxylic acids is 3. The van der Waals surface area contributed by atoms with Crippen molar-refractivity contribution in [1.29, 1.82) is 0 Å². The van der Waals surface area contributed by atoms with E-state index in [9.17, 15) is 14.4 Å². The molecule has 0 fully saturated rings. The van der Waals surface area contributed by atoms with Gasteiger partial charge in [-0.1, -0.05) is 122 Å². The molecule has 6 nitrogen and oxygen atoms in total. The first kappa shape index (κ1) is 34.4. The zero-order chi connectivity index (χ0) is 26.7. The third-order valence-electron chi connectivity index (χ3n) is 7.20. The molecular formula is C30H59N3O3. The third-order valence-corrected chi connectivity index (χ3v) is 7.20. The van der Waals surface area contributed by atoms with E-state index >= 15 is 0 Å². The summed E-state index contributed by atoms with van der Waals surface area (Å²) in [5, 5.41) is 2.96. The van der Waals surface area contributed by atoms with E-state index < -0.39 is 0 Å². The van der Waals surface area contributed by atoms with E-state index in [0.29, 0.717) is 25.8 Å². The first-order valence-electron chi connectivity index (χ1n) is 15.3. The van der Waals surface area contributed by atoms with Gasteiger partial charge in [-0.3, -0.25) is 14.4 Å². The van der Waals surface area contributed by atoms with Crippen molar-refractivity contribution in [1.82, 2.24) is 5.32 Å². The summed E-state index contributed by atoms with van der Waals surface area (Å²) < 4.78 is 0. The van der Waals surface area contributed by atoms with Crippen LogP contribution in [-0.4, -0.2) is 24.3 Å². The standard InChI is InChI=1S/C30H59N3O3/c1-2-3-4-5-6-7-8-9-10-11-12-13-14-18-21-24-29(35)33-26-25-27(30(32)36)22-19-16-15-17-20-23-28(31)34/h27H,2-26H2,1H3,(H2,31,34)(H2,32,36)(H,33,35). The molecule has 0 aromatic rings. The lowest BCUT2D eigenvalue weighted by Crippen LogP contribution is -2.30. The van der Waals surface area contributed by atoms with Crippen LogP contribution in [0.1, 0.15) is 161 Å². The molecule has 212 valence electrons. The van der Waals surface area contributed by atoms with Crippen molar-refractivity contribution in [3.8, 4) is 0 Å². The molecule has 5 N–H and O–H groups in total. The quantitative estimate of drug-likeness (QED) is 0.0979. The van der Waals surface area contributed by atoms with E-state index in [2.05, 4.69) is 12.2 Å². The Bertz CT molecular complexity index is 540. The molecule has 0 aromatic carbocycles. The van der Waals surface area contributed by atoms with Crippen LogP contribution in [0.4, 0.5) is 0 Å². The smallest absolute Gasteiger partial charge is 0.220 e. The fourth-order valence-corrected chi connectivity index (χ4v) is 4.78. The van der Waals surface area contributed by atoms with Crippen LogP contribution < -0.4 is 16.8 Å². The summed E-state index contributed by atoms with van der Waals surface area (Å²) in [7, 11) is 0. The van der Waals surface area contributed by atoms with Crippen LogP contribution in [0, 0.1) is 5.92 Å². The number of rotatable bonds is 28. The highest BCUT2D eigenvalue weighted by molar-refractivity contribution is 5.77. The van der Waals surface area contributed by atoms with Gasteiger partial charge in [-0.25, -0.2) is 0 Å². The minimum atomic E-state index is -0.277. The largest absolute Gasteiger partial charge is 0.370 e. The van der Waals surface area contributed by atoms with Crippen molar-refractivity contribution in [2.45, 2.75) is 161 Å². The van der Waals surface area contributed by atoms with E-state index in [1.807, 2.05) is 0 Å². The minimum absolute atomic E-state index is 0.0855. The lowest BCUT2D eigenvalue weighted by Gasteiger charge is -2.14. The van der Waals surface area contributed by atoms with Gasteiger partial charge in [-0.05, 0) is 25.7 Å². The molecule has 0 aliphatic heterocycles. The second-order valence-corrected chi connectivity index (χ2v) is 10.7. The van der Waals surface area contributed by atoms with Crippen LogP contribution in [-0.2, 0) is 14.4 Å². The molecule has 1 atom stereocenters. The predicted molar refractivity (Wildman–Crippen MR) is 151 cm³/mol. The van der Waals surface area contributed by atoms with Crippen molar-refractivity contribution in [2.75, 3.05) is 6.54 Å². The molecule has 0 radical (unpaired) electrons. The van der Waals surface area contributed by atoms with Crippen molar-refractivity contribution < 1.29 is 14.4 Å². The highest BCUT2D eigenvalue weighted by Gasteiger charge is 2.15. The summed E-state index contributed by atoms with van der Waals surface area (Å²) in [4.78, 5) is 34.5. The lowest BCUT2D eigenvalue weighted by molar-refractivity contribution is -0.123. The highest BCUT2D eigenvalue weighted by Crippen LogP contribution is 2.16. The van der Waals surface area contributed by atoms with Crippen LogP contribution in [0.3, 0.4) is 0 Å². The first-order valence-corrected chi connectivity index (χ1v) is 15.3. The number of hydrogen-bond donors (Lipinski definition) is 3. The van der Waals surface area contributed by atoms with E-state index in [-0.39, 0.29) is 23.6 Å². The van der Waals surface area contributed by atoms with E-state index in [1.165, 1.54) is 83.5 Å². The molecule has 36 heavy (non-hydrogen) atoms. The Morgan fingerprint density at radius 1 is 0.556 bits per heavy atom. The van der Waals surface area contributed by atoms with Gasteiger partial charge < -0.3 is 16.8 Å². The van der Waals surface area contributed by atoms with Crippen molar-refractivity contribution >= 4 is 17.7 Å². The van der Waals surface area contributed by atoms with Gasteiger partial charge in [0.05, 0.1) is 0 Å². The predicted octanol–water partition coefficient (Wildman–Crippen LogP) is 7.07. The maximum atomic E-state index is 12.1. The Morgan fingerprint density at radius 2 is 0.972 bits per heavy atom. The Kier molecular flexibility index (Phi) is 25.3. The van der Waals surface area contributed by atoms with E-state index in [4.69, 9.17) is 11.5 Å². The second kappa shape index (κ2) is 26.5. The molecule has 0 aromatic heterocycles. The van der Waals surface area contributed by atoms with Gasteiger partial charge in [0.25, 0.3) is 0 Å². The molecule has 3 amide bonds. The molecular weight excluding hydrogens is 450 g/mol. The number of carbonyl (C=O) groups is 3. The zero-order valence-corrected chi connectivity index (χ0v) is 23.6. The summed E-state index contributed by atoms with van der Waals surface area (Å²) in [6, 6.07) is 0. The number of amides is 3. The minimum Gasteiger partial charge on any atom is -0.370 e. The van der Waals surface area contributed by atoms with Crippen molar-refractivity contribution in [3.05, 3.63) is 0 Å². The molecule has 0 aliphatic rings. The molecule has 6 heteroatoms. The van der Waals surface area contributed by atoms with E-state index in [1.54, 1.807) is 0 Å². The number of hydrogen-bond acceptors (Lipinski definition) is 3. The molecule has 0 heterocycles. The van der Waals surface area contributed by atoms with Crippen molar-refractivity contribution in [3.63, 3.8) is 0 Å². The Hall–Kier alpha value is -1.59. The summed E-state index contributed by atoms with van der Waals surface area (Å²) in [5.41, 5.74) is 10.7. The van der Waals surface area contributed by atoms with Crippen LogP contribution in [0.15, 0.2) is 0 Å². The van der Waals surface area contributed by atoms with Crippen LogP contribution >= 0.6 is 0 Å². The maximum absolute atomic E-state index is 12.1. The Morgan fingerprint density at radius 3 is 1.42 bits per heavy atom. The van der Waals surface area contributed by atoms with Crippen molar-refractivity contribution in [2.24, 2.45) is 17.4 Å². The normalized spacial score (nSPS) is 11.9. The Balaban J connectivity index is 3.51. The Labute approximate surface area is 222 Å². The van der Waals surface area contributed by atoms with Gasteiger partial charge in [0.2, 0.25) is 17.7 Å². The SMILES string of the molecule is CCCCCCCCCCCCCCCCCC(=O)NCCC(CCCCCCCC(N)=O)C(N)=O. The van der Waals surface area contributed by atoms with Crippen LogP contribution in [0.2, 0.25) is 0 Å². The molecule has 0 bridgehead atoms. The van der Waals surface area contributed by atoms with Gasteiger partial charge in [-0.2, -0.15) is 0 Å². The molecule has 1 unspecified atom stereocenters. The topological polar surface area (TPSA) is 115 Å². The van der Waals surface area contributed by atoms with Gasteiger partial charge >= 0.3 is 0 Å². The lowest BCUT2D eigenvalue weighted by atomic mass is 9.96. The second-order valence-electron chi connectivity index (χ2n) is 10.7. The highest BCUT2D eigenvalue weighted by atomic mass is 16.2. The van der Waals surface area contributed by atoms with Gasteiger partial charge in [-0.15, -0.1) is 0 Å². The summed E-state index contributed by atoms with van der Waals surface area (Å²) in [6.45, 7) is 2.79. The number of nitrogens with one attached hydrogen (secondary N) is 1. The fraction of sp³-hybridized carbons (Fsp3) is 0.900. The first-order chi connectivity index (χ1) is 17.5. The number of nitrogens with two attached hydrogens (primary N) is 2. The average Bonchev–Trinajstić information content (AvgIpc) is 2.84. The van der Waals surface area contributed by atoms with E-state index in [0.717, 1.165) is 51.4 Å². The summed E-state index contributed by atoms with van der Waals surface area (Å²) in [5.74, 6) is -0.616. The van der Waals surface area contributed by atoms with Gasteiger partial charge in [0, 0.05) is 25.3 Å². The molecule has 0 aliphatic carbocycles. The molecule has 0 saturated carbocycles. The van der Waals surface area contributed by atoms with Crippen LogP contribution in [0.5, 0.6) is 0 Å². The third kappa shape index (κ3) is 25.5. The average molecular weight is 510 g/mol. The maximum Gasteiger partial charge on any atom is 0.220 e.